The zero-order valence-corrected chi connectivity index (χ0v) is 8.60. The summed E-state index contributed by atoms with van der Waals surface area (Å²) < 4.78 is 0. The Bertz CT molecular complexity index is 574. The van der Waals surface area contributed by atoms with E-state index in [9.17, 15) is 5.11 Å². The molecule has 1 aliphatic carbocycles. The van der Waals surface area contributed by atoms with Crippen LogP contribution in [-0.2, 0) is 0 Å². The van der Waals surface area contributed by atoms with E-state index in [-0.39, 0.29) is 5.71 Å². The van der Waals surface area contributed by atoms with Gasteiger partial charge < -0.3 is 10.5 Å². The quantitative estimate of drug-likeness (QED) is 0.708. The summed E-state index contributed by atoms with van der Waals surface area (Å²) in [5.74, 6) is 0. The molecule has 1 N–H and O–H groups in total. The first-order chi connectivity index (χ1) is 7.79. The largest absolute Gasteiger partial charge is 0.844 e. The molecule has 0 aliphatic heterocycles. The molecule has 2 nitrogen and oxygen atoms in total. The molecule has 16 heavy (non-hydrogen) atoms. The summed E-state index contributed by atoms with van der Waals surface area (Å²) in [4.78, 5) is 0. The van der Waals surface area contributed by atoms with Crippen LogP contribution in [0.5, 0.6) is 0 Å². The van der Waals surface area contributed by atoms with Crippen LogP contribution in [0.1, 0.15) is 17.2 Å². The summed E-state index contributed by atoms with van der Waals surface area (Å²) in [7, 11) is 0. The number of rotatable bonds is 0. The summed E-state index contributed by atoms with van der Waals surface area (Å²) in [6.07, 6.45) is -1.05. The van der Waals surface area contributed by atoms with Gasteiger partial charge in [-0.2, -0.15) is 0 Å². The van der Waals surface area contributed by atoms with E-state index in [1.54, 1.807) is 0 Å². The second-order valence-electron chi connectivity index (χ2n) is 3.93. The van der Waals surface area contributed by atoms with Crippen LogP contribution in [0.2, 0.25) is 0 Å². The molecule has 1 unspecified atom stereocenters. The molecule has 0 saturated heterocycles. The number of hydrogen-bond donors (Lipinski definition) is 1. The Labute approximate surface area is 93.7 Å². The zero-order valence-electron chi connectivity index (χ0n) is 8.60. The molecular formula is C14H10NO-. The van der Waals surface area contributed by atoms with Crippen LogP contribution in [0.25, 0.3) is 11.1 Å². The van der Waals surface area contributed by atoms with Crippen molar-refractivity contribution in [3.05, 3.63) is 59.7 Å². The molecule has 0 amide bonds. The minimum absolute atomic E-state index is 0.175. The maximum absolute atomic E-state index is 12.0. The van der Waals surface area contributed by atoms with Gasteiger partial charge in [-0.25, -0.2) is 0 Å². The van der Waals surface area contributed by atoms with Crippen molar-refractivity contribution < 1.29 is 5.11 Å². The molecule has 2 heteroatoms. The van der Waals surface area contributed by atoms with Gasteiger partial charge in [0, 0.05) is 11.3 Å². The lowest BCUT2D eigenvalue weighted by molar-refractivity contribution is -0.400. The van der Waals surface area contributed by atoms with Gasteiger partial charge in [0.05, 0.1) is 0 Å². The van der Waals surface area contributed by atoms with Gasteiger partial charge in [0.2, 0.25) is 0 Å². The van der Waals surface area contributed by atoms with E-state index in [1.807, 2.05) is 48.5 Å². The third-order valence-corrected chi connectivity index (χ3v) is 3.01. The first-order valence-corrected chi connectivity index (χ1v) is 5.22. The van der Waals surface area contributed by atoms with Crippen LogP contribution in [-0.4, -0.2) is 5.71 Å². The Morgan fingerprint density at radius 1 is 0.812 bits per heavy atom. The molecule has 2 aromatic carbocycles. The molecule has 0 fully saturated rings. The average Bonchev–Trinajstić information content (AvgIpc) is 2.36. The van der Waals surface area contributed by atoms with Crippen LogP contribution < -0.4 is 5.11 Å². The van der Waals surface area contributed by atoms with Crippen molar-refractivity contribution in [1.82, 2.24) is 0 Å². The number of benzene rings is 2. The van der Waals surface area contributed by atoms with Gasteiger partial charge >= 0.3 is 0 Å². The van der Waals surface area contributed by atoms with Gasteiger partial charge in [0.15, 0.2) is 0 Å². The molecule has 0 aromatic heterocycles. The monoisotopic (exact) mass is 208 g/mol. The fourth-order valence-electron chi connectivity index (χ4n) is 2.22. The Morgan fingerprint density at radius 3 is 2.12 bits per heavy atom. The van der Waals surface area contributed by atoms with E-state index in [0.717, 1.165) is 16.7 Å². The fourth-order valence-corrected chi connectivity index (χ4v) is 2.22. The SMILES string of the molecule is N=C1c2ccccc2-c2ccccc2C1[O-]. The van der Waals surface area contributed by atoms with E-state index in [0.29, 0.717) is 5.56 Å². The maximum Gasteiger partial charge on any atom is 0.0301 e. The molecule has 3 rings (SSSR count). The molecule has 2 aromatic rings. The van der Waals surface area contributed by atoms with E-state index >= 15 is 0 Å². The van der Waals surface area contributed by atoms with Crippen LogP contribution in [0.15, 0.2) is 48.5 Å². The Kier molecular flexibility index (Phi) is 1.91. The van der Waals surface area contributed by atoms with Crippen molar-refractivity contribution in [2.75, 3.05) is 0 Å². The van der Waals surface area contributed by atoms with Crippen molar-refractivity contribution in [1.29, 1.82) is 5.41 Å². The topological polar surface area (TPSA) is 46.9 Å². The molecule has 1 aliphatic rings. The third-order valence-electron chi connectivity index (χ3n) is 3.01. The second kappa shape index (κ2) is 3.29. The Balaban J connectivity index is 2.37. The van der Waals surface area contributed by atoms with Gasteiger partial charge in [-0.1, -0.05) is 54.6 Å². The van der Waals surface area contributed by atoms with Gasteiger partial charge in [-0.15, -0.1) is 0 Å². The highest BCUT2D eigenvalue weighted by atomic mass is 16.3. The van der Waals surface area contributed by atoms with Crippen molar-refractivity contribution in [2.24, 2.45) is 0 Å². The molecule has 0 saturated carbocycles. The van der Waals surface area contributed by atoms with Crippen LogP contribution >= 0.6 is 0 Å². The minimum Gasteiger partial charge on any atom is -0.844 e. The second-order valence-corrected chi connectivity index (χ2v) is 3.93. The lowest BCUT2D eigenvalue weighted by Crippen LogP contribution is -2.29. The van der Waals surface area contributed by atoms with E-state index < -0.39 is 6.10 Å². The summed E-state index contributed by atoms with van der Waals surface area (Å²) in [6, 6.07) is 15.2. The average molecular weight is 208 g/mol. The van der Waals surface area contributed by atoms with Crippen LogP contribution in [0.3, 0.4) is 0 Å². The van der Waals surface area contributed by atoms with Gasteiger partial charge in [0.1, 0.15) is 0 Å². The highest BCUT2D eigenvalue weighted by molar-refractivity contribution is 6.10. The lowest BCUT2D eigenvalue weighted by atomic mass is 9.83. The third kappa shape index (κ3) is 1.14. The lowest BCUT2D eigenvalue weighted by Gasteiger charge is -2.32. The normalized spacial score (nSPS) is 17.8. The summed E-state index contributed by atoms with van der Waals surface area (Å²) in [6.45, 7) is 0. The predicted octanol–water partition coefficient (Wildman–Crippen LogP) is 2.14. The van der Waals surface area contributed by atoms with E-state index in [2.05, 4.69) is 0 Å². The number of fused-ring (bicyclic) bond motifs is 3. The van der Waals surface area contributed by atoms with Crippen molar-refractivity contribution in [2.45, 2.75) is 6.10 Å². The summed E-state index contributed by atoms with van der Waals surface area (Å²) >= 11 is 0. The highest BCUT2D eigenvalue weighted by Crippen LogP contribution is 2.36. The molecular weight excluding hydrogens is 198 g/mol. The zero-order chi connectivity index (χ0) is 11.1. The number of hydrogen-bond acceptors (Lipinski definition) is 2. The summed E-state index contributed by atoms with van der Waals surface area (Å²) in [5, 5.41) is 19.9. The smallest absolute Gasteiger partial charge is 0.0301 e. The molecule has 0 bridgehead atoms. The minimum atomic E-state index is -1.05. The summed E-state index contributed by atoms with van der Waals surface area (Å²) in [5.41, 5.74) is 3.62. The van der Waals surface area contributed by atoms with Gasteiger partial charge in [0.25, 0.3) is 0 Å². The molecule has 0 radical (unpaired) electrons. The Hall–Kier alpha value is -1.93. The van der Waals surface area contributed by atoms with E-state index in [4.69, 9.17) is 5.41 Å². The van der Waals surface area contributed by atoms with Gasteiger partial charge in [-0.05, 0) is 16.7 Å². The van der Waals surface area contributed by atoms with Crippen LogP contribution in [0, 0.1) is 5.41 Å². The molecule has 78 valence electrons. The standard InChI is InChI=1S/C14H10NO/c15-13-11-7-3-1-5-9(11)10-6-2-4-8-12(10)14(13)16/h1-8,14-15H/q-1. The van der Waals surface area contributed by atoms with Gasteiger partial charge in [-0.3, -0.25) is 0 Å². The predicted molar refractivity (Wildman–Crippen MR) is 61.4 cm³/mol. The molecule has 0 spiro atoms. The van der Waals surface area contributed by atoms with Crippen molar-refractivity contribution in [3.63, 3.8) is 0 Å². The number of nitrogens with one attached hydrogen (secondary N) is 1. The first-order valence-electron chi connectivity index (χ1n) is 5.22. The first kappa shape index (κ1) is 9.31. The molecule has 0 heterocycles. The van der Waals surface area contributed by atoms with Crippen molar-refractivity contribution >= 4 is 5.71 Å². The van der Waals surface area contributed by atoms with Crippen LogP contribution in [0.4, 0.5) is 0 Å². The highest BCUT2D eigenvalue weighted by Gasteiger charge is 2.21. The van der Waals surface area contributed by atoms with Crippen molar-refractivity contribution in [3.8, 4) is 11.1 Å². The van der Waals surface area contributed by atoms with E-state index in [1.165, 1.54) is 0 Å². The molecule has 1 atom stereocenters. The fraction of sp³-hybridized carbons (Fsp3) is 0.0714. The Morgan fingerprint density at radius 2 is 1.38 bits per heavy atom. The maximum atomic E-state index is 12.0.